The van der Waals surface area contributed by atoms with Gasteiger partial charge in [0.15, 0.2) is 0 Å². The van der Waals surface area contributed by atoms with E-state index in [0.29, 0.717) is 12.1 Å². The van der Waals surface area contributed by atoms with Crippen molar-refractivity contribution in [2.75, 3.05) is 59.4 Å². The fourth-order valence-electron chi connectivity index (χ4n) is 4.20. The van der Waals surface area contributed by atoms with Gasteiger partial charge in [-0.1, -0.05) is 30.3 Å². The molecule has 4 rings (SSSR count). The van der Waals surface area contributed by atoms with Crippen molar-refractivity contribution >= 4 is 21.8 Å². The minimum atomic E-state index is -3.80. The quantitative estimate of drug-likeness (QED) is 0.593. The van der Waals surface area contributed by atoms with Crippen LogP contribution < -0.4 is 10.6 Å². The summed E-state index contributed by atoms with van der Waals surface area (Å²) in [6.45, 7) is 4.87. The monoisotopic (exact) mass is 485 g/mol. The number of hydrogen-bond acceptors (Lipinski definition) is 6. The first-order valence-corrected chi connectivity index (χ1v) is 12.9. The highest BCUT2D eigenvalue weighted by Gasteiger charge is 2.29. The van der Waals surface area contributed by atoms with Crippen LogP contribution in [0.4, 0.5) is 0 Å². The van der Waals surface area contributed by atoms with Crippen molar-refractivity contribution in [1.29, 1.82) is 0 Å². The molecule has 2 saturated heterocycles. The van der Waals surface area contributed by atoms with E-state index in [1.807, 2.05) is 30.3 Å². The highest BCUT2D eigenvalue weighted by atomic mass is 32.2. The van der Waals surface area contributed by atoms with Crippen molar-refractivity contribution in [1.82, 2.24) is 24.7 Å². The predicted octanol–water partition coefficient (Wildman–Crippen LogP) is 0.526. The first kappa shape index (κ1) is 24.3. The standard InChI is InChI=1S/C24H31N5O4S/c1-27-13-15-28(16-14-27)17-22(19-5-3-2-4-6-19)26-24(31)20-7-9-21(10-8-20)34(32,33)29-12-11-25-23(30)18-29/h2-10,22H,11-18H2,1H3,(H,25,30)(H,26,31). The fraction of sp³-hybridized carbons (Fsp3) is 0.417. The third-order valence-corrected chi connectivity index (χ3v) is 8.16. The number of amides is 2. The predicted molar refractivity (Wildman–Crippen MR) is 129 cm³/mol. The summed E-state index contributed by atoms with van der Waals surface area (Å²) in [6.07, 6.45) is 0. The third kappa shape index (κ3) is 5.82. The van der Waals surface area contributed by atoms with E-state index in [4.69, 9.17) is 0 Å². The molecule has 0 aromatic heterocycles. The summed E-state index contributed by atoms with van der Waals surface area (Å²) in [6, 6.07) is 15.6. The van der Waals surface area contributed by atoms with Crippen molar-refractivity contribution in [2.45, 2.75) is 10.9 Å². The van der Waals surface area contributed by atoms with E-state index in [9.17, 15) is 18.0 Å². The fourth-order valence-corrected chi connectivity index (χ4v) is 5.59. The molecule has 1 unspecified atom stereocenters. The zero-order chi connectivity index (χ0) is 24.1. The number of carbonyl (C=O) groups is 2. The minimum absolute atomic E-state index is 0.0656. The third-order valence-electron chi connectivity index (χ3n) is 6.30. The SMILES string of the molecule is CN1CCN(CC(NC(=O)c2ccc(S(=O)(=O)N3CCNC(=O)C3)cc2)c2ccccc2)CC1. The van der Waals surface area contributed by atoms with Crippen molar-refractivity contribution < 1.29 is 18.0 Å². The van der Waals surface area contributed by atoms with Gasteiger partial charge >= 0.3 is 0 Å². The maximum atomic E-state index is 13.1. The Morgan fingerprint density at radius 3 is 2.32 bits per heavy atom. The maximum Gasteiger partial charge on any atom is 0.251 e. The molecule has 0 spiro atoms. The lowest BCUT2D eigenvalue weighted by atomic mass is 10.0. The van der Waals surface area contributed by atoms with Crippen LogP contribution in [0.25, 0.3) is 0 Å². The van der Waals surface area contributed by atoms with Gasteiger partial charge in [0.2, 0.25) is 15.9 Å². The van der Waals surface area contributed by atoms with Crippen molar-refractivity contribution in [3.63, 3.8) is 0 Å². The molecule has 2 N–H and O–H groups in total. The van der Waals surface area contributed by atoms with Crippen LogP contribution >= 0.6 is 0 Å². The van der Waals surface area contributed by atoms with Crippen molar-refractivity contribution in [3.05, 3.63) is 65.7 Å². The lowest BCUT2D eigenvalue weighted by Gasteiger charge is -2.35. The van der Waals surface area contributed by atoms with Gasteiger partial charge in [0, 0.05) is 51.4 Å². The Morgan fingerprint density at radius 2 is 1.68 bits per heavy atom. The number of hydrogen-bond donors (Lipinski definition) is 2. The van der Waals surface area contributed by atoms with Crippen LogP contribution in [0.2, 0.25) is 0 Å². The highest BCUT2D eigenvalue weighted by molar-refractivity contribution is 7.89. The molecule has 0 saturated carbocycles. The lowest BCUT2D eigenvalue weighted by molar-refractivity contribution is -0.122. The second kappa shape index (κ2) is 10.6. The number of nitrogens with zero attached hydrogens (tertiary/aromatic N) is 3. The van der Waals surface area contributed by atoms with Gasteiger partial charge in [0.25, 0.3) is 5.91 Å². The van der Waals surface area contributed by atoms with Gasteiger partial charge in [-0.3, -0.25) is 14.5 Å². The first-order chi connectivity index (χ1) is 16.3. The summed E-state index contributed by atoms with van der Waals surface area (Å²) in [7, 11) is -1.69. The average Bonchev–Trinajstić information content (AvgIpc) is 2.85. The molecular formula is C24H31N5O4S. The van der Waals surface area contributed by atoms with E-state index in [1.165, 1.54) is 24.3 Å². The summed E-state index contributed by atoms with van der Waals surface area (Å²) in [5.74, 6) is -0.581. The molecule has 2 amide bonds. The topological polar surface area (TPSA) is 102 Å². The van der Waals surface area contributed by atoms with E-state index >= 15 is 0 Å². The molecular weight excluding hydrogens is 454 g/mol. The average molecular weight is 486 g/mol. The molecule has 2 aliphatic rings. The number of likely N-dealkylation sites (N-methyl/N-ethyl adjacent to an activating group) is 1. The summed E-state index contributed by atoms with van der Waals surface area (Å²) in [5, 5.41) is 5.75. The van der Waals surface area contributed by atoms with E-state index in [1.54, 1.807) is 0 Å². The van der Waals surface area contributed by atoms with Gasteiger partial charge in [-0.25, -0.2) is 8.42 Å². The molecule has 1 atom stereocenters. The van der Waals surface area contributed by atoms with Gasteiger partial charge in [0.1, 0.15) is 0 Å². The van der Waals surface area contributed by atoms with E-state index in [-0.39, 0.29) is 42.4 Å². The van der Waals surface area contributed by atoms with Gasteiger partial charge in [-0.15, -0.1) is 0 Å². The maximum absolute atomic E-state index is 13.1. The first-order valence-electron chi connectivity index (χ1n) is 11.5. The molecule has 2 aromatic carbocycles. The largest absolute Gasteiger partial charge is 0.354 e. The van der Waals surface area contributed by atoms with Crippen molar-refractivity contribution in [2.24, 2.45) is 0 Å². The molecule has 0 bridgehead atoms. The summed E-state index contributed by atoms with van der Waals surface area (Å²) < 4.78 is 26.9. The molecule has 9 nitrogen and oxygen atoms in total. The normalized spacial score (nSPS) is 19.4. The molecule has 10 heteroatoms. The summed E-state index contributed by atoms with van der Waals surface area (Å²) in [4.78, 5) is 29.4. The lowest BCUT2D eigenvalue weighted by Crippen LogP contribution is -2.49. The minimum Gasteiger partial charge on any atom is -0.354 e. The number of carbonyl (C=O) groups excluding carboxylic acids is 2. The van der Waals surface area contributed by atoms with Crippen LogP contribution in [0.3, 0.4) is 0 Å². The molecule has 2 aromatic rings. The van der Waals surface area contributed by atoms with Gasteiger partial charge in [-0.2, -0.15) is 4.31 Å². The van der Waals surface area contributed by atoms with E-state index in [0.717, 1.165) is 36.0 Å². The molecule has 2 heterocycles. The Labute approximate surface area is 200 Å². The second-order valence-corrected chi connectivity index (χ2v) is 10.7. The number of rotatable bonds is 7. The number of benzene rings is 2. The zero-order valence-electron chi connectivity index (χ0n) is 19.3. The zero-order valence-corrected chi connectivity index (χ0v) is 20.1. The summed E-state index contributed by atoms with van der Waals surface area (Å²) >= 11 is 0. The van der Waals surface area contributed by atoms with Crippen LogP contribution in [0, 0.1) is 0 Å². The van der Waals surface area contributed by atoms with E-state index in [2.05, 4.69) is 27.5 Å². The molecule has 2 fully saturated rings. The molecule has 0 aliphatic carbocycles. The van der Waals surface area contributed by atoms with Crippen LogP contribution in [0.5, 0.6) is 0 Å². The summed E-state index contributed by atoms with van der Waals surface area (Å²) in [5.41, 5.74) is 1.41. The Morgan fingerprint density at radius 1 is 1.00 bits per heavy atom. The van der Waals surface area contributed by atoms with Crippen LogP contribution in [0.15, 0.2) is 59.5 Å². The van der Waals surface area contributed by atoms with Crippen molar-refractivity contribution in [3.8, 4) is 0 Å². The Hall–Kier alpha value is -2.79. The Balaban J connectivity index is 1.46. The van der Waals surface area contributed by atoms with Gasteiger partial charge < -0.3 is 15.5 Å². The van der Waals surface area contributed by atoms with E-state index < -0.39 is 10.0 Å². The van der Waals surface area contributed by atoms with Gasteiger partial charge in [0.05, 0.1) is 17.5 Å². The molecule has 182 valence electrons. The van der Waals surface area contributed by atoms with Gasteiger partial charge in [-0.05, 0) is 36.9 Å². The molecule has 2 aliphatic heterocycles. The number of nitrogens with one attached hydrogen (secondary N) is 2. The highest BCUT2D eigenvalue weighted by Crippen LogP contribution is 2.19. The van der Waals surface area contributed by atoms with Crippen LogP contribution in [0.1, 0.15) is 22.0 Å². The number of sulfonamides is 1. The van der Waals surface area contributed by atoms with Crippen LogP contribution in [-0.4, -0.2) is 93.7 Å². The molecule has 34 heavy (non-hydrogen) atoms. The smallest absolute Gasteiger partial charge is 0.251 e. The van der Waals surface area contributed by atoms with Crippen LogP contribution in [-0.2, 0) is 14.8 Å². The Bertz CT molecular complexity index is 1100. The number of piperazine rings is 2. The Kier molecular flexibility index (Phi) is 7.62. The molecule has 0 radical (unpaired) electrons. The second-order valence-electron chi connectivity index (χ2n) is 8.75.